The fourth-order valence-electron chi connectivity index (χ4n) is 2.14. The van der Waals surface area contributed by atoms with Crippen LogP contribution in [-0.2, 0) is 10.3 Å². The van der Waals surface area contributed by atoms with E-state index < -0.39 is 11.5 Å². The molecule has 2 aromatic rings. The van der Waals surface area contributed by atoms with Gasteiger partial charge in [0.1, 0.15) is 0 Å². The number of aryl methyl sites for hydroxylation is 1. The normalized spacial score (nSPS) is 13.5. The second-order valence-electron chi connectivity index (χ2n) is 5.05. The fourth-order valence-corrected chi connectivity index (χ4v) is 3.00. The molecule has 0 aliphatic carbocycles. The summed E-state index contributed by atoms with van der Waals surface area (Å²) in [6.07, 6.45) is 0. The zero-order chi connectivity index (χ0) is 15.6. The summed E-state index contributed by atoms with van der Waals surface area (Å²) in [5, 5.41) is 13.1. The Labute approximate surface area is 137 Å². The molecule has 1 atom stereocenters. The summed E-state index contributed by atoms with van der Waals surface area (Å²) in [5.41, 5.74) is 0.987. The van der Waals surface area contributed by atoms with E-state index in [9.17, 15) is 9.90 Å². The molecular weight excluding hydrogens is 354 g/mol. The van der Waals surface area contributed by atoms with Crippen molar-refractivity contribution in [2.75, 3.05) is 5.32 Å². The minimum atomic E-state index is -1.31. The number of rotatable bonds is 4. The number of nitrogens with one attached hydrogen (secondary N) is 1. The number of aliphatic carboxylic acids is 1. The van der Waals surface area contributed by atoms with Crippen molar-refractivity contribution in [2.45, 2.75) is 19.4 Å². The van der Waals surface area contributed by atoms with E-state index in [-0.39, 0.29) is 0 Å². The van der Waals surface area contributed by atoms with E-state index in [1.165, 1.54) is 0 Å². The molecule has 1 unspecified atom stereocenters. The molecule has 0 bridgehead atoms. The maximum atomic E-state index is 11.8. The number of anilines is 1. The van der Waals surface area contributed by atoms with Crippen LogP contribution in [0.1, 0.15) is 18.1 Å². The smallest absolute Gasteiger partial charge is 0.333 e. The van der Waals surface area contributed by atoms with Crippen LogP contribution in [0.15, 0.2) is 46.9 Å². The van der Waals surface area contributed by atoms with Crippen molar-refractivity contribution in [1.82, 2.24) is 0 Å². The first-order valence-electron chi connectivity index (χ1n) is 6.37. The summed E-state index contributed by atoms with van der Waals surface area (Å²) in [6.45, 7) is 3.56. The molecule has 0 aliphatic rings. The molecule has 110 valence electrons. The Bertz CT molecular complexity index is 690. The maximum Gasteiger partial charge on any atom is 0.333 e. The highest BCUT2D eigenvalue weighted by atomic mass is 79.9. The molecule has 0 heterocycles. The summed E-state index contributed by atoms with van der Waals surface area (Å²) < 4.78 is 0.805. The maximum absolute atomic E-state index is 11.8. The average molecular weight is 369 g/mol. The quantitative estimate of drug-likeness (QED) is 0.813. The third-order valence-electron chi connectivity index (χ3n) is 3.31. The summed E-state index contributed by atoms with van der Waals surface area (Å²) in [4.78, 5) is 11.8. The van der Waals surface area contributed by atoms with Gasteiger partial charge in [-0.1, -0.05) is 45.7 Å². The van der Waals surface area contributed by atoms with E-state index in [1.54, 1.807) is 25.1 Å². The van der Waals surface area contributed by atoms with Gasteiger partial charge in [-0.25, -0.2) is 4.79 Å². The van der Waals surface area contributed by atoms with Crippen LogP contribution < -0.4 is 5.32 Å². The molecule has 0 aromatic heterocycles. The molecule has 2 aromatic carbocycles. The molecule has 21 heavy (non-hydrogen) atoms. The third kappa shape index (κ3) is 3.39. The number of halogens is 2. The van der Waals surface area contributed by atoms with E-state index in [4.69, 9.17) is 11.6 Å². The van der Waals surface area contributed by atoms with Crippen LogP contribution in [0.25, 0.3) is 0 Å². The standard InChI is InChI=1S/C16H15BrClNO2/c1-10-4-3-5-12(8-10)19-16(2,15(20)21)13-7-6-11(17)9-14(13)18/h3-9,19H,1-2H3,(H,20,21). The van der Waals surface area contributed by atoms with Gasteiger partial charge in [0, 0.05) is 20.7 Å². The van der Waals surface area contributed by atoms with Crippen molar-refractivity contribution in [1.29, 1.82) is 0 Å². The Morgan fingerprint density at radius 3 is 2.57 bits per heavy atom. The summed E-state index contributed by atoms with van der Waals surface area (Å²) in [5.74, 6) is -0.992. The van der Waals surface area contributed by atoms with E-state index in [0.717, 1.165) is 15.7 Å². The van der Waals surface area contributed by atoms with E-state index >= 15 is 0 Å². The minimum Gasteiger partial charge on any atom is -0.479 e. The van der Waals surface area contributed by atoms with Crippen LogP contribution in [0.3, 0.4) is 0 Å². The molecule has 2 rings (SSSR count). The Hall–Kier alpha value is -1.52. The number of hydrogen-bond acceptors (Lipinski definition) is 2. The average Bonchev–Trinajstić information content (AvgIpc) is 2.38. The summed E-state index contributed by atoms with van der Waals surface area (Å²) in [7, 11) is 0. The van der Waals surface area contributed by atoms with Crippen molar-refractivity contribution in [3.63, 3.8) is 0 Å². The lowest BCUT2D eigenvalue weighted by Gasteiger charge is -2.29. The molecular formula is C16H15BrClNO2. The van der Waals surface area contributed by atoms with Gasteiger partial charge in [-0.05, 0) is 43.7 Å². The molecule has 0 spiro atoms. The minimum absolute atomic E-state index is 0.398. The van der Waals surface area contributed by atoms with Crippen LogP contribution in [-0.4, -0.2) is 11.1 Å². The molecule has 5 heteroatoms. The summed E-state index contributed by atoms with van der Waals surface area (Å²) in [6, 6.07) is 12.7. The Balaban J connectivity index is 2.48. The van der Waals surface area contributed by atoms with Gasteiger partial charge < -0.3 is 10.4 Å². The Morgan fingerprint density at radius 2 is 2.00 bits per heavy atom. The van der Waals surface area contributed by atoms with Crippen LogP contribution in [0.4, 0.5) is 5.69 Å². The molecule has 0 radical (unpaired) electrons. The van der Waals surface area contributed by atoms with Gasteiger partial charge in [0.05, 0.1) is 0 Å². The van der Waals surface area contributed by atoms with Crippen LogP contribution >= 0.6 is 27.5 Å². The Morgan fingerprint density at radius 1 is 1.29 bits per heavy atom. The second-order valence-corrected chi connectivity index (χ2v) is 6.37. The predicted octanol–water partition coefficient (Wildman–Crippen LogP) is 4.82. The first-order chi connectivity index (χ1) is 9.83. The van der Waals surface area contributed by atoms with Gasteiger partial charge in [0.25, 0.3) is 0 Å². The predicted molar refractivity (Wildman–Crippen MR) is 88.9 cm³/mol. The lowest BCUT2D eigenvalue weighted by Crippen LogP contribution is -2.40. The summed E-state index contributed by atoms with van der Waals surface area (Å²) >= 11 is 9.55. The zero-order valence-electron chi connectivity index (χ0n) is 11.7. The van der Waals surface area contributed by atoms with Crippen molar-refractivity contribution in [3.05, 3.63) is 63.1 Å². The van der Waals surface area contributed by atoms with E-state index in [1.807, 2.05) is 31.2 Å². The van der Waals surface area contributed by atoms with Crippen LogP contribution in [0.5, 0.6) is 0 Å². The van der Waals surface area contributed by atoms with Gasteiger partial charge in [-0.3, -0.25) is 0 Å². The van der Waals surface area contributed by atoms with Gasteiger partial charge in [0.15, 0.2) is 5.54 Å². The van der Waals surface area contributed by atoms with Gasteiger partial charge in [0.2, 0.25) is 0 Å². The highest BCUT2D eigenvalue weighted by molar-refractivity contribution is 9.10. The monoisotopic (exact) mass is 367 g/mol. The van der Waals surface area contributed by atoms with Crippen molar-refractivity contribution >= 4 is 39.2 Å². The lowest BCUT2D eigenvalue weighted by atomic mass is 9.91. The molecule has 0 aliphatic heterocycles. The molecule has 0 saturated heterocycles. The van der Waals surface area contributed by atoms with Crippen molar-refractivity contribution in [3.8, 4) is 0 Å². The van der Waals surface area contributed by atoms with Crippen molar-refractivity contribution < 1.29 is 9.90 Å². The first kappa shape index (κ1) is 15.9. The molecule has 2 N–H and O–H groups in total. The Kier molecular flexibility index (Phi) is 4.59. The molecule has 0 amide bonds. The fraction of sp³-hybridized carbons (Fsp3) is 0.188. The van der Waals surface area contributed by atoms with Gasteiger partial charge >= 0.3 is 5.97 Å². The highest BCUT2D eigenvalue weighted by Crippen LogP contribution is 2.33. The number of carbonyl (C=O) groups is 1. The third-order valence-corrected chi connectivity index (χ3v) is 4.12. The molecule has 0 saturated carbocycles. The van der Waals surface area contributed by atoms with Crippen LogP contribution in [0, 0.1) is 6.92 Å². The molecule has 0 fully saturated rings. The highest BCUT2D eigenvalue weighted by Gasteiger charge is 2.37. The SMILES string of the molecule is Cc1cccc(NC(C)(C(=O)O)c2ccc(Br)cc2Cl)c1. The van der Waals surface area contributed by atoms with Crippen molar-refractivity contribution in [2.24, 2.45) is 0 Å². The van der Waals surface area contributed by atoms with E-state index in [0.29, 0.717) is 10.6 Å². The molecule has 3 nitrogen and oxygen atoms in total. The lowest BCUT2D eigenvalue weighted by molar-refractivity contribution is -0.142. The first-order valence-corrected chi connectivity index (χ1v) is 7.54. The largest absolute Gasteiger partial charge is 0.479 e. The number of benzene rings is 2. The van der Waals surface area contributed by atoms with E-state index in [2.05, 4.69) is 21.2 Å². The number of carboxylic acid groups (broad SMARTS) is 1. The van der Waals surface area contributed by atoms with Crippen LogP contribution in [0.2, 0.25) is 5.02 Å². The van der Waals surface area contributed by atoms with Gasteiger partial charge in [-0.15, -0.1) is 0 Å². The van der Waals surface area contributed by atoms with Gasteiger partial charge in [-0.2, -0.15) is 0 Å². The topological polar surface area (TPSA) is 49.3 Å². The zero-order valence-corrected chi connectivity index (χ0v) is 14.0. The number of carboxylic acids is 1. The second kappa shape index (κ2) is 6.08. The number of hydrogen-bond donors (Lipinski definition) is 2.